The Labute approximate surface area is 203 Å². The lowest BCUT2D eigenvalue weighted by atomic mass is 9.82. The minimum Gasteiger partial charge on any atom is -0.490 e. The first-order valence-corrected chi connectivity index (χ1v) is 13.8. The lowest BCUT2D eigenvalue weighted by molar-refractivity contribution is 0.0575. The molecule has 1 saturated heterocycles. The lowest BCUT2D eigenvalue weighted by Crippen LogP contribution is -2.41. The zero-order valence-corrected chi connectivity index (χ0v) is 20.9. The molecule has 0 atom stereocenters. The Morgan fingerprint density at radius 3 is 2.73 bits per heavy atom. The number of hydrogen-bond donors (Lipinski definition) is 0. The van der Waals surface area contributed by atoms with Crippen molar-refractivity contribution in [1.29, 1.82) is 0 Å². The molecule has 33 heavy (non-hydrogen) atoms. The molecule has 1 aliphatic heterocycles. The molecule has 0 bridgehead atoms. The average molecular weight is 507 g/mol. The second kappa shape index (κ2) is 9.46. The maximum Gasteiger partial charge on any atom is 0.245 e. The summed E-state index contributed by atoms with van der Waals surface area (Å²) in [5, 5.41) is 0.742. The van der Waals surface area contributed by atoms with E-state index in [4.69, 9.17) is 16.3 Å². The first-order valence-electron chi connectivity index (χ1n) is 11.3. The fraction of sp³-hybridized carbons (Fsp3) is 0.478. The smallest absolute Gasteiger partial charge is 0.245 e. The number of hydrogen-bond acceptors (Lipinski definition) is 7. The molecule has 1 aromatic heterocycles. The van der Waals surface area contributed by atoms with Crippen LogP contribution in [0.3, 0.4) is 0 Å². The van der Waals surface area contributed by atoms with Crippen molar-refractivity contribution >= 4 is 44.4 Å². The number of ether oxygens (including phenoxy) is 1. The predicted molar refractivity (Wildman–Crippen MR) is 130 cm³/mol. The van der Waals surface area contributed by atoms with E-state index in [2.05, 4.69) is 19.7 Å². The Morgan fingerprint density at radius 1 is 1.18 bits per heavy atom. The molecule has 0 unspecified atom stereocenters. The molecule has 0 N–H and O–H groups in total. The zero-order chi connectivity index (χ0) is 23.0. The summed E-state index contributed by atoms with van der Waals surface area (Å²) < 4.78 is 42.0. The van der Waals surface area contributed by atoms with Gasteiger partial charge in [0.1, 0.15) is 21.7 Å². The van der Waals surface area contributed by atoms with E-state index in [0.717, 1.165) is 60.5 Å². The van der Waals surface area contributed by atoms with Gasteiger partial charge in [0, 0.05) is 25.2 Å². The second-order valence-corrected chi connectivity index (χ2v) is 11.9. The second-order valence-electron chi connectivity index (χ2n) is 8.99. The summed E-state index contributed by atoms with van der Waals surface area (Å²) in [5.74, 6) is 1.03. The summed E-state index contributed by atoms with van der Waals surface area (Å²) in [6.07, 6.45) is 4.23. The molecule has 10 heteroatoms. The minimum absolute atomic E-state index is 0.0813. The molecule has 2 heterocycles. The summed E-state index contributed by atoms with van der Waals surface area (Å²) in [5.41, 5.74) is 2.18. The fourth-order valence-corrected chi connectivity index (χ4v) is 6.87. The highest BCUT2D eigenvalue weighted by atomic mass is 35.5. The number of halogens is 1. The SMILES string of the molecule is CN(CC1CC(Oc2ccc(CN3CCCC3)c(Cl)c2)C1)S(=O)(=O)c1cccc2nsnc12. The van der Waals surface area contributed by atoms with Gasteiger partial charge >= 0.3 is 0 Å². The van der Waals surface area contributed by atoms with Crippen LogP contribution < -0.4 is 4.74 Å². The van der Waals surface area contributed by atoms with Crippen molar-refractivity contribution in [2.24, 2.45) is 5.92 Å². The number of fused-ring (bicyclic) bond motifs is 1. The molecule has 0 amide bonds. The van der Waals surface area contributed by atoms with E-state index in [1.807, 2.05) is 12.1 Å². The Balaban J connectivity index is 1.15. The highest BCUT2D eigenvalue weighted by Crippen LogP contribution is 2.35. The van der Waals surface area contributed by atoms with Gasteiger partial charge in [-0.05, 0) is 74.5 Å². The van der Waals surface area contributed by atoms with Gasteiger partial charge in [0.25, 0.3) is 0 Å². The van der Waals surface area contributed by atoms with Crippen molar-refractivity contribution in [2.45, 2.75) is 43.2 Å². The molecule has 2 aliphatic rings. The highest BCUT2D eigenvalue weighted by molar-refractivity contribution is 7.89. The van der Waals surface area contributed by atoms with Gasteiger partial charge in [0.15, 0.2) is 0 Å². The maximum absolute atomic E-state index is 13.1. The van der Waals surface area contributed by atoms with Crippen LogP contribution in [0.1, 0.15) is 31.2 Å². The Bertz CT molecular complexity index is 1240. The van der Waals surface area contributed by atoms with Gasteiger partial charge in [-0.3, -0.25) is 4.90 Å². The topological polar surface area (TPSA) is 75.6 Å². The minimum atomic E-state index is -3.63. The zero-order valence-electron chi connectivity index (χ0n) is 18.5. The summed E-state index contributed by atoms with van der Waals surface area (Å²) in [7, 11) is -2.00. The quantitative estimate of drug-likeness (QED) is 0.450. The van der Waals surface area contributed by atoms with Gasteiger partial charge in [0.05, 0.1) is 17.8 Å². The molecule has 176 valence electrons. The van der Waals surface area contributed by atoms with Crippen molar-refractivity contribution in [1.82, 2.24) is 18.0 Å². The standard InChI is InChI=1S/C23H27ClN4O3S2/c1-27(33(29,30)22-6-4-5-21-23(22)26-32-25-21)14-16-11-19(12-16)31-18-8-7-17(20(24)13-18)15-28-9-2-3-10-28/h4-8,13,16,19H,2-3,9-12,14-15H2,1H3. The van der Waals surface area contributed by atoms with Gasteiger partial charge < -0.3 is 4.74 Å². The van der Waals surface area contributed by atoms with Crippen molar-refractivity contribution < 1.29 is 13.2 Å². The number of sulfonamides is 1. The van der Waals surface area contributed by atoms with Crippen molar-refractivity contribution in [3.05, 3.63) is 47.0 Å². The number of aromatic nitrogens is 2. The molecule has 3 aromatic rings. The van der Waals surface area contributed by atoms with E-state index in [-0.39, 0.29) is 16.9 Å². The van der Waals surface area contributed by atoms with E-state index in [0.29, 0.717) is 17.6 Å². The predicted octanol–water partition coefficient (Wildman–Crippen LogP) is 4.42. The highest BCUT2D eigenvalue weighted by Gasteiger charge is 2.35. The number of nitrogens with zero attached hydrogens (tertiary/aromatic N) is 4. The summed E-state index contributed by atoms with van der Waals surface area (Å²) in [6, 6.07) is 11.0. The van der Waals surface area contributed by atoms with Crippen LogP contribution in [0.2, 0.25) is 5.02 Å². The summed E-state index contributed by atoms with van der Waals surface area (Å²) in [4.78, 5) is 2.64. The van der Waals surface area contributed by atoms with E-state index in [1.54, 1.807) is 25.2 Å². The van der Waals surface area contributed by atoms with E-state index >= 15 is 0 Å². The first-order chi connectivity index (χ1) is 15.9. The molecule has 0 spiro atoms. The third-order valence-corrected chi connectivity index (χ3v) is 9.31. The van der Waals surface area contributed by atoms with Gasteiger partial charge in [0.2, 0.25) is 10.0 Å². The Morgan fingerprint density at radius 2 is 1.97 bits per heavy atom. The molecule has 1 aliphatic carbocycles. The maximum atomic E-state index is 13.1. The van der Waals surface area contributed by atoms with Crippen molar-refractivity contribution in [3.63, 3.8) is 0 Å². The molecule has 2 fully saturated rings. The van der Waals surface area contributed by atoms with Crippen LogP contribution in [0.4, 0.5) is 0 Å². The average Bonchev–Trinajstić information content (AvgIpc) is 3.45. The molecule has 5 rings (SSSR count). The van der Waals surface area contributed by atoms with E-state index in [1.165, 1.54) is 17.1 Å². The molecule has 2 aromatic carbocycles. The van der Waals surface area contributed by atoms with E-state index < -0.39 is 10.0 Å². The third-order valence-electron chi connectivity index (χ3n) is 6.56. The van der Waals surface area contributed by atoms with Crippen LogP contribution in [0.25, 0.3) is 11.0 Å². The summed E-state index contributed by atoms with van der Waals surface area (Å²) in [6.45, 7) is 3.61. The van der Waals surface area contributed by atoms with Crippen molar-refractivity contribution in [3.8, 4) is 5.75 Å². The van der Waals surface area contributed by atoms with Crippen LogP contribution in [0.5, 0.6) is 5.75 Å². The number of benzene rings is 2. The lowest BCUT2D eigenvalue weighted by Gasteiger charge is -2.37. The van der Waals surface area contributed by atoms with Crippen LogP contribution in [-0.2, 0) is 16.6 Å². The Hall–Kier alpha value is -1.78. The number of rotatable bonds is 8. The largest absolute Gasteiger partial charge is 0.490 e. The molecular formula is C23H27ClN4O3S2. The monoisotopic (exact) mass is 506 g/mol. The van der Waals surface area contributed by atoms with Crippen LogP contribution in [0, 0.1) is 5.92 Å². The Kier molecular flexibility index (Phi) is 6.59. The molecule has 7 nitrogen and oxygen atoms in total. The molecular weight excluding hydrogens is 480 g/mol. The van der Waals surface area contributed by atoms with E-state index in [9.17, 15) is 8.42 Å². The molecule has 0 radical (unpaired) electrons. The van der Waals surface area contributed by atoms with Gasteiger partial charge in [-0.15, -0.1) is 0 Å². The molecule has 1 saturated carbocycles. The number of likely N-dealkylation sites (tertiary alicyclic amines) is 1. The third kappa shape index (κ3) is 4.88. The first kappa shape index (κ1) is 23.0. The normalized spacial score (nSPS) is 21.5. The van der Waals surface area contributed by atoms with Crippen LogP contribution in [-0.4, -0.2) is 59.2 Å². The van der Waals surface area contributed by atoms with Crippen LogP contribution >= 0.6 is 23.3 Å². The van der Waals surface area contributed by atoms with Crippen molar-refractivity contribution in [2.75, 3.05) is 26.7 Å². The summed E-state index contributed by atoms with van der Waals surface area (Å²) >= 11 is 7.53. The van der Waals surface area contributed by atoms with Gasteiger partial charge in [-0.2, -0.15) is 8.75 Å². The fourth-order valence-electron chi connectivity index (χ4n) is 4.64. The van der Waals surface area contributed by atoms with Crippen LogP contribution in [0.15, 0.2) is 41.3 Å². The van der Waals surface area contributed by atoms with Gasteiger partial charge in [-0.25, -0.2) is 12.7 Å². The van der Waals surface area contributed by atoms with Gasteiger partial charge in [-0.1, -0.05) is 23.7 Å².